The summed E-state index contributed by atoms with van der Waals surface area (Å²) in [4.78, 5) is 2.30. The lowest BCUT2D eigenvalue weighted by molar-refractivity contribution is 0.0963. The van der Waals surface area contributed by atoms with E-state index in [1.807, 2.05) is 6.07 Å². The van der Waals surface area contributed by atoms with Crippen molar-refractivity contribution >= 4 is 23.2 Å². The molecule has 0 radical (unpaired) electrons. The number of nitrogens with zero attached hydrogens (tertiary/aromatic N) is 1. The molecule has 1 aliphatic heterocycles. The molecule has 1 fully saturated rings. The van der Waals surface area contributed by atoms with Gasteiger partial charge in [0, 0.05) is 25.3 Å². The number of aliphatic hydroxyl groups excluding tert-OH is 2. The van der Waals surface area contributed by atoms with E-state index in [1.54, 1.807) is 12.1 Å². The fourth-order valence-electron chi connectivity index (χ4n) is 2.74. The molecule has 1 heterocycles. The Balaban J connectivity index is 1.88. The minimum Gasteiger partial charge on any atom is -0.396 e. The van der Waals surface area contributed by atoms with E-state index in [4.69, 9.17) is 23.2 Å². The van der Waals surface area contributed by atoms with E-state index < -0.39 is 6.10 Å². The van der Waals surface area contributed by atoms with Crippen LogP contribution < -0.4 is 0 Å². The SMILES string of the molecule is OCC1CCCN(CCC(O)c2cccc(Cl)c2Cl)C1. The lowest BCUT2D eigenvalue weighted by Gasteiger charge is -2.32. The molecule has 1 saturated heterocycles. The van der Waals surface area contributed by atoms with Gasteiger partial charge in [-0.25, -0.2) is 0 Å². The summed E-state index contributed by atoms with van der Waals surface area (Å²) in [5.41, 5.74) is 0.690. The summed E-state index contributed by atoms with van der Waals surface area (Å²) >= 11 is 12.1. The zero-order valence-corrected chi connectivity index (χ0v) is 12.9. The maximum atomic E-state index is 10.3. The lowest BCUT2D eigenvalue weighted by Crippen LogP contribution is -2.37. The fourth-order valence-corrected chi connectivity index (χ4v) is 3.18. The molecule has 2 N–H and O–H groups in total. The number of piperidine rings is 1. The van der Waals surface area contributed by atoms with Crippen LogP contribution in [0.1, 0.15) is 30.9 Å². The van der Waals surface area contributed by atoms with Gasteiger partial charge in [0.05, 0.1) is 16.1 Å². The molecule has 0 amide bonds. The third kappa shape index (κ3) is 4.09. The van der Waals surface area contributed by atoms with Gasteiger partial charge in [-0.15, -0.1) is 0 Å². The Morgan fingerprint density at radius 1 is 1.35 bits per heavy atom. The number of rotatable bonds is 5. The summed E-state index contributed by atoms with van der Waals surface area (Å²) < 4.78 is 0. The summed E-state index contributed by atoms with van der Waals surface area (Å²) in [6.45, 7) is 3.00. The third-order valence-electron chi connectivity index (χ3n) is 3.92. The second-order valence-electron chi connectivity index (χ2n) is 5.44. The number of halogens is 2. The highest BCUT2D eigenvalue weighted by Crippen LogP contribution is 2.31. The number of hydrogen-bond acceptors (Lipinski definition) is 3. The Bertz CT molecular complexity index is 442. The second-order valence-corrected chi connectivity index (χ2v) is 6.22. The van der Waals surface area contributed by atoms with Crippen LogP contribution in [0.3, 0.4) is 0 Å². The van der Waals surface area contributed by atoms with Gasteiger partial charge >= 0.3 is 0 Å². The van der Waals surface area contributed by atoms with Gasteiger partial charge in [-0.05, 0) is 37.8 Å². The van der Waals surface area contributed by atoms with E-state index >= 15 is 0 Å². The predicted molar refractivity (Wildman–Crippen MR) is 82.3 cm³/mol. The summed E-state index contributed by atoms with van der Waals surface area (Å²) in [5.74, 6) is 0.371. The average molecular weight is 318 g/mol. The van der Waals surface area contributed by atoms with Crippen LogP contribution >= 0.6 is 23.2 Å². The second kappa shape index (κ2) is 7.62. The van der Waals surface area contributed by atoms with Crippen molar-refractivity contribution in [2.75, 3.05) is 26.2 Å². The molecule has 1 aromatic rings. The molecule has 1 aromatic carbocycles. The maximum Gasteiger partial charge on any atom is 0.0817 e. The summed E-state index contributed by atoms with van der Waals surface area (Å²) in [5, 5.41) is 20.4. The molecule has 0 saturated carbocycles. The van der Waals surface area contributed by atoms with Gasteiger partial charge < -0.3 is 15.1 Å². The number of likely N-dealkylation sites (tertiary alicyclic amines) is 1. The molecular weight excluding hydrogens is 297 g/mol. The fraction of sp³-hybridized carbons (Fsp3) is 0.600. The topological polar surface area (TPSA) is 43.7 Å². The van der Waals surface area contributed by atoms with Crippen molar-refractivity contribution in [3.05, 3.63) is 33.8 Å². The molecule has 2 rings (SSSR count). The predicted octanol–water partition coefficient (Wildman–Crippen LogP) is 3.12. The summed E-state index contributed by atoms with van der Waals surface area (Å²) in [7, 11) is 0. The van der Waals surface area contributed by atoms with E-state index in [-0.39, 0.29) is 6.61 Å². The molecule has 0 spiro atoms. The van der Waals surface area contributed by atoms with Crippen LogP contribution in [0.5, 0.6) is 0 Å². The van der Waals surface area contributed by atoms with Crippen molar-refractivity contribution in [2.24, 2.45) is 5.92 Å². The molecule has 2 unspecified atom stereocenters. The molecule has 1 aliphatic rings. The van der Waals surface area contributed by atoms with E-state index in [1.165, 1.54) is 0 Å². The number of aliphatic hydroxyl groups is 2. The molecule has 0 aromatic heterocycles. The minimum absolute atomic E-state index is 0.249. The molecule has 2 atom stereocenters. The highest BCUT2D eigenvalue weighted by Gasteiger charge is 2.20. The first-order valence-electron chi connectivity index (χ1n) is 7.07. The van der Waals surface area contributed by atoms with Crippen LogP contribution in [0.2, 0.25) is 10.0 Å². The Morgan fingerprint density at radius 2 is 2.15 bits per heavy atom. The van der Waals surface area contributed by atoms with Crippen molar-refractivity contribution in [1.82, 2.24) is 4.90 Å². The van der Waals surface area contributed by atoms with Crippen molar-refractivity contribution in [1.29, 1.82) is 0 Å². The van der Waals surface area contributed by atoms with E-state index in [0.717, 1.165) is 32.5 Å². The highest BCUT2D eigenvalue weighted by molar-refractivity contribution is 6.42. The van der Waals surface area contributed by atoms with E-state index in [0.29, 0.717) is 27.9 Å². The molecule has 5 heteroatoms. The summed E-state index contributed by atoms with van der Waals surface area (Å²) in [6.07, 6.45) is 2.23. The van der Waals surface area contributed by atoms with Crippen LogP contribution in [0.25, 0.3) is 0 Å². The monoisotopic (exact) mass is 317 g/mol. The summed E-state index contributed by atoms with van der Waals surface area (Å²) in [6, 6.07) is 5.33. The Hall–Kier alpha value is -0.320. The first kappa shape index (κ1) is 16.1. The lowest BCUT2D eigenvalue weighted by atomic mass is 9.98. The minimum atomic E-state index is -0.601. The highest BCUT2D eigenvalue weighted by atomic mass is 35.5. The van der Waals surface area contributed by atoms with Gasteiger partial charge in [0.1, 0.15) is 0 Å². The molecule has 0 aliphatic carbocycles. The van der Waals surface area contributed by atoms with E-state index in [9.17, 15) is 10.2 Å². The van der Waals surface area contributed by atoms with Gasteiger partial charge in [0.25, 0.3) is 0 Å². The number of benzene rings is 1. The maximum absolute atomic E-state index is 10.3. The molecular formula is C15H21Cl2NO2. The molecule has 20 heavy (non-hydrogen) atoms. The largest absolute Gasteiger partial charge is 0.396 e. The van der Waals surface area contributed by atoms with Gasteiger partial charge in [0.2, 0.25) is 0 Å². The quantitative estimate of drug-likeness (QED) is 0.877. The van der Waals surface area contributed by atoms with Gasteiger partial charge in [-0.1, -0.05) is 35.3 Å². The molecule has 0 bridgehead atoms. The van der Waals surface area contributed by atoms with Gasteiger partial charge in [-0.3, -0.25) is 0 Å². The van der Waals surface area contributed by atoms with Crippen molar-refractivity contribution in [3.8, 4) is 0 Å². The smallest absolute Gasteiger partial charge is 0.0817 e. The Labute approximate surface area is 130 Å². The zero-order valence-electron chi connectivity index (χ0n) is 11.4. The van der Waals surface area contributed by atoms with E-state index in [2.05, 4.69) is 4.90 Å². The molecule has 112 valence electrons. The van der Waals surface area contributed by atoms with Gasteiger partial charge in [0.15, 0.2) is 0 Å². The normalized spacial score (nSPS) is 21.9. The van der Waals surface area contributed by atoms with Crippen molar-refractivity contribution in [3.63, 3.8) is 0 Å². The molecule has 3 nitrogen and oxygen atoms in total. The Morgan fingerprint density at radius 3 is 2.90 bits per heavy atom. The first-order chi connectivity index (χ1) is 9.61. The van der Waals surface area contributed by atoms with Gasteiger partial charge in [-0.2, -0.15) is 0 Å². The van der Waals surface area contributed by atoms with Crippen LogP contribution in [-0.4, -0.2) is 41.4 Å². The van der Waals surface area contributed by atoms with Crippen molar-refractivity contribution < 1.29 is 10.2 Å². The zero-order chi connectivity index (χ0) is 14.5. The standard InChI is InChI=1S/C15H21Cl2NO2/c16-13-5-1-4-12(15(13)17)14(20)6-8-18-7-2-3-11(9-18)10-19/h1,4-5,11,14,19-20H,2-3,6-10H2. The Kier molecular flexibility index (Phi) is 6.12. The van der Waals surface area contributed by atoms with Crippen LogP contribution in [0, 0.1) is 5.92 Å². The van der Waals surface area contributed by atoms with Crippen LogP contribution in [-0.2, 0) is 0 Å². The van der Waals surface area contributed by atoms with Crippen LogP contribution in [0.4, 0.5) is 0 Å². The number of hydrogen-bond donors (Lipinski definition) is 2. The van der Waals surface area contributed by atoms with Crippen molar-refractivity contribution in [2.45, 2.75) is 25.4 Å². The van der Waals surface area contributed by atoms with Crippen LogP contribution in [0.15, 0.2) is 18.2 Å². The average Bonchev–Trinajstić information content (AvgIpc) is 2.48. The first-order valence-corrected chi connectivity index (χ1v) is 7.82. The third-order valence-corrected chi connectivity index (χ3v) is 4.75.